The van der Waals surface area contributed by atoms with Crippen molar-refractivity contribution in [1.82, 2.24) is 5.06 Å². The second-order valence-corrected chi connectivity index (χ2v) is 11.5. The molecule has 5 nitrogen and oxygen atoms in total. The summed E-state index contributed by atoms with van der Waals surface area (Å²) in [5, 5.41) is 24.2. The van der Waals surface area contributed by atoms with Crippen molar-refractivity contribution in [3.63, 3.8) is 0 Å². The van der Waals surface area contributed by atoms with Crippen LogP contribution in [0.15, 0.2) is 46.7 Å². The smallest absolute Gasteiger partial charge is 0.389 e. The van der Waals surface area contributed by atoms with E-state index < -0.39 is 29.5 Å². The van der Waals surface area contributed by atoms with Crippen LogP contribution in [0.3, 0.4) is 0 Å². The van der Waals surface area contributed by atoms with E-state index in [9.17, 15) is 23.5 Å². The van der Waals surface area contributed by atoms with Crippen molar-refractivity contribution in [2.45, 2.75) is 83.4 Å². The van der Waals surface area contributed by atoms with Gasteiger partial charge in [0.2, 0.25) is 0 Å². The van der Waals surface area contributed by atoms with Gasteiger partial charge in [-0.3, -0.25) is 10.3 Å². The zero-order valence-corrected chi connectivity index (χ0v) is 20.7. The van der Waals surface area contributed by atoms with E-state index in [1.165, 1.54) is 17.2 Å². The molecular weight excluding hydrogens is 459 g/mol. The van der Waals surface area contributed by atoms with Gasteiger partial charge in [-0.2, -0.15) is 13.2 Å². The maximum absolute atomic E-state index is 13.2. The standard InChI is InChI=1S/C27H34F3NO4/c1-15(2)23-21-22(20-18(31(23)33)13-25(3,4)14-19(20)32)26(9-11-34-12-10-26)35-24(21)16-5-7-17(8-6-16)27(28,29)30/h5-8,15,18-19,24,32-33H,9-14H2,1-4H3/t18?,19?,24-/m1/s1. The number of hydrogen-bond acceptors (Lipinski definition) is 5. The van der Waals surface area contributed by atoms with Gasteiger partial charge in [-0.1, -0.05) is 39.8 Å². The predicted octanol–water partition coefficient (Wildman–Crippen LogP) is 5.79. The molecule has 1 aromatic carbocycles. The summed E-state index contributed by atoms with van der Waals surface area (Å²) >= 11 is 0. The van der Waals surface area contributed by atoms with Crippen LogP contribution in [0.25, 0.3) is 0 Å². The van der Waals surface area contributed by atoms with Gasteiger partial charge in [0.05, 0.1) is 29.0 Å². The van der Waals surface area contributed by atoms with E-state index in [0.717, 1.165) is 28.9 Å². The minimum Gasteiger partial charge on any atom is -0.389 e. The first-order valence-corrected chi connectivity index (χ1v) is 12.4. The van der Waals surface area contributed by atoms with Gasteiger partial charge in [0.1, 0.15) is 6.10 Å². The number of hydroxylamine groups is 2. The highest BCUT2D eigenvalue weighted by atomic mass is 19.4. The highest BCUT2D eigenvalue weighted by molar-refractivity contribution is 5.58. The number of nitrogens with zero attached hydrogens (tertiary/aromatic N) is 1. The van der Waals surface area contributed by atoms with Crippen LogP contribution in [0.1, 0.15) is 70.6 Å². The van der Waals surface area contributed by atoms with Crippen molar-refractivity contribution < 1.29 is 33.0 Å². The van der Waals surface area contributed by atoms with Crippen LogP contribution < -0.4 is 0 Å². The molecule has 3 fully saturated rings. The zero-order chi connectivity index (χ0) is 25.3. The highest BCUT2D eigenvalue weighted by Gasteiger charge is 2.57. The van der Waals surface area contributed by atoms with E-state index in [0.29, 0.717) is 50.2 Å². The molecule has 2 unspecified atom stereocenters. The zero-order valence-electron chi connectivity index (χ0n) is 20.7. The van der Waals surface area contributed by atoms with E-state index in [1.54, 1.807) is 0 Å². The lowest BCUT2D eigenvalue weighted by Gasteiger charge is -2.49. The monoisotopic (exact) mass is 493 g/mol. The molecule has 0 bridgehead atoms. The molecule has 1 saturated carbocycles. The fourth-order valence-electron chi connectivity index (χ4n) is 6.54. The Labute approximate surface area is 204 Å². The molecule has 5 rings (SSSR count). The van der Waals surface area contributed by atoms with Crippen LogP contribution >= 0.6 is 0 Å². The van der Waals surface area contributed by atoms with Gasteiger partial charge in [0.15, 0.2) is 0 Å². The molecule has 2 saturated heterocycles. The number of aliphatic hydroxyl groups excluding tert-OH is 1. The number of alkyl halides is 3. The van der Waals surface area contributed by atoms with E-state index in [-0.39, 0.29) is 17.4 Å². The van der Waals surface area contributed by atoms with Gasteiger partial charge < -0.3 is 14.6 Å². The molecule has 35 heavy (non-hydrogen) atoms. The fraction of sp³-hybridized carbons (Fsp3) is 0.630. The SMILES string of the molecule is CC(C)C1=C2C(=C3C(O)CC(C)(C)CC3N1O)C1(CCOCC1)O[C@@H]2c1ccc(C(F)(F)F)cc1. The van der Waals surface area contributed by atoms with Crippen LogP contribution in [0.2, 0.25) is 0 Å². The molecule has 192 valence electrons. The molecule has 1 aliphatic carbocycles. The molecule has 0 radical (unpaired) electrons. The molecule has 8 heteroatoms. The first-order chi connectivity index (χ1) is 16.3. The van der Waals surface area contributed by atoms with Crippen molar-refractivity contribution in [2.75, 3.05) is 13.2 Å². The van der Waals surface area contributed by atoms with Crippen molar-refractivity contribution in [2.24, 2.45) is 11.3 Å². The van der Waals surface area contributed by atoms with Gasteiger partial charge in [0, 0.05) is 31.6 Å². The van der Waals surface area contributed by atoms with Gasteiger partial charge in [0.25, 0.3) is 0 Å². The number of aliphatic hydroxyl groups is 1. The summed E-state index contributed by atoms with van der Waals surface area (Å²) in [7, 11) is 0. The van der Waals surface area contributed by atoms with E-state index >= 15 is 0 Å². The summed E-state index contributed by atoms with van der Waals surface area (Å²) in [4.78, 5) is 0. The Morgan fingerprint density at radius 1 is 1.06 bits per heavy atom. The fourth-order valence-corrected chi connectivity index (χ4v) is 6.54. The average Bonchev–Trinajstić information content (AvgIpc) is 3.06. The Balaban J connectivity index is 1.72. The molecule has 4 aliphatic rings. The average molecular weight is 494 g/mol. The van der Waals surface area contributed by atoms with Gasteiger partial charge in [-0.05, 0) is 53.0 Å². The lowest BCUT2D eigenvalue weighted by Crippen LogP contribution is -2.51. The van der Waals surface area contributed by atoms with Gasteiger partial charge in [-0.15, -0.1) is 0 Å². The number of fused-ring (bicyclic) bond motifs is 3. The molecule has 0 aromatic heterocycles. The third-order valence-electron chi connectivity index (χ3n) is 8.04. The van der Waals surface area contributed by atoms with E-state index in [1.807, 2.05) is 13.8 Å². The normalized spacial score (nSPS) is 30.2. The summed E-state index contributed by atoms with van der Waals surface area (Å²) in [5.41, 5.74) is 2.25. The summed E-state index contributed by atoms with van der Waals surface area (Å²) < 4.78 is 52.2. The molecule has 3 aliphatic heterocycles. The van der Waals surface area contributed by atoms with E-state index in [2.05, 4.69) is 13.8 Å². The van der Waals surface area contributed by atoms with Gasteiger partial charge in [-0.25, -0.2) is 0 Å². The van der Waals surface area contributed by atoms with Gasteiger partial charge >= 0.3 is 6.18 Å². The Hall–Kier alpha value is -1.87. The third-order valence-corrected chi connectivity index (χ3v) is 8.04. The molecule has 3 atom stereocenters. The predicted molar refractivity (Wildman–Crippen MR) is 123 cm³/mol. The number of hydrogen-bond donors (Lipinski definition) is 2. The van der Waals surface area contributed by atoms with Crippen molar-refractivity contribution >= 4 is 0 Å². The van der Waals surface area contributed by atoms with Crippen molar-refractivity contribution in [3.05, 3.63) is 57.8 Å². The lowest BCUT2D eigenvalue weighted by molar-refractivity contribution is -0.137. The Morgan fingerprint density at radius 2 is 1.69 bits per heavy atom. The second kappa shape index (κ2) is 8.33. The van der Waals surface area contributed by atoms with Crippen LogP contribution in [-0.4, -0.2) is 46.3 Å². The third kappa shape index (κ3) is 4.02. The molecular formula is C27H34F3NO4. The van der Waals surface area contributed by atoms with Crippen molar-refractivity contribution in [3.8, 4) is 0 Å². The Bertz CT molecular complexity index is 1050. The Morgan fingerprint density at radius 3 is 2.26 bits per heavy atom. The van der Waals surface area contributed by atoms with Crippen LogP contribution in [0.5, 0.6) is 0 Å². The minimum atomic E-state index is -4.43. The van der Waals surface area contributed by atoms with Crippen LogP contribution in [0.4, 0.5) is 13.2 Å². The van der Waals surface area contributed by atoms with Crippen molar-refractivity contribution in [1.29, 1.82) is 0 Å². The summed E-state index contributed by atoms with van der Waals surface area (Å²) in [6.07, 6.45) is -3.39. The molecule has 2 N–H and O–H groups in total. The minimum absolute atomic E-state index is 0.0655. The maximum Gasteiger partial charge on any atom is 0.416 e. The lowest BCUT2D eigenvalue weighted by atomic mass is 9.65. The molecule has 0 amide bonds. The number of halogens is 3. The topological polar surface area (TPSA) is 62.2 Å². The van der Waals surface area contributed by atoms with Crippen LogP contribution in [0, 0.1) is 11.3 Å². The van der Waals surface area contributed by atoms with E-state index in [4.69, 9.17) is 9.47 Å². The highest BCUT2D eigenvalue weighted by Crippen LogP contribution is 2.60. The van der Waals surface area contributed by atoms with Crippen LogP contribution in [-0.2, 0) is 15.7 Å². The first kappa shape index (κ1) is 24.8. The second-order valence-electron chi connectivity index (χ2n) is 11.5. The largest absolute Gasteiger partial charge is 0.416 e. The maximum atomic E-state index is 13.2. The molecule has 1 spiro atoms. The molecule has 1 aromatic rings. The summed E-state index contributed by atoms with van der Waals surface area (Å²) in [6, 6.07) is 4.72. The first-order valence-electron chi connectivity index (χ1n) is 12.4. The number of rotatable bonds is 2. The summed E-state index contributed by atoms with van der Waals surface area (Å²) in [5.74, 6) is -0.0655. The quantitative estimate of drug-likeness (QED) is 0.546. The number of allylic oxidation sites excluding steroid dienone is 1. The number of benzene rings is 1. The number of ether oxygens (including phenoxy) is 2. The summed E-state index contributed by atoms with van der Waals surface area (Å²) in [6.45, 7) is 9.18. The Kier molecular flexibility index (Phi) is 5.91. The molecule has 3 heterocycles.